The van der Waals surface area contributed by atoms with E-state index in [1.165, 1.54) is 19.1 Å². The lowest BCUT2D eigenvalue weighted by molar-refractivity contribution is 0.0953. The number of hydrogen-bond donors (Lipinski definition) is 4. The van der Waals surface area contributed by atoms with E-state index in [4.69, 9.17) is 0 Å². The highest BCUT2D eigenvalue weighted by atomic mass is 16.3. The second-order valence-corrected chi connectivity index (χ2v) is 7.05. The quantitative estimate of drug-likeness (QED) is 0.355. The first-order chi connectivity index (χ1) is 13.8. The predicted molar refractivity (Wildman–Crippen MR) is 110 cm³/mol. The van der Waals surface area contributed by atoms with Gasteiger partial charge in [0.15, 0.2) is 0 Å². The van der Waals surface area contributed by atoms with Gasteiger partial charge in [-0.2, -0.15) is 0 Å². The third-order valence-corrected chi connectivity index (χ3v) is 4.73. The molecule has 152 valence electrons. The number of amides is 1. The molecule has 1 amide bonds. The largest absolute Gasteiger partial charge is 0.515 e. The van der Waals surface area contributed by atoms with Gasteiger partial charge in [0.2, 0.25) is 10.9 Å². The van der Waals surface area contributed by atoms with Crippen molar-refractivity contribution in [3.63, 3.8) is 0 Å². The molecule has 0 unspecified atom stereocenters. The average Bonchev–Trinajstić information content (AvgIpc) is 2.69. The molecule has 0 aliphatic rings. The second kappa shape index (κ2) is 7.88. The minimum absolute atomic E-state index is 0.0136. The number of phenolic OH excluding ortho intramolecular Hbond substituents is 1. The van der Waals surface area contributed by atoms with Gasteiger partial charge in [-0.05, 0) is 46.1 Å². The summed E-state index contributed by atoms with van der Waals surface area (Å²) >= 11 is 0. The van der Waals surface area contributed by atoms with Gasteiger partial charge in [-0.1, -0.05) is 0 Å². The highest BCUT2D eigenvalue weighted by Crippen LogP contribution is 2.17. The van der Waals surface area contributed by atoms with Gasteiger partial charge >= 0.3 is 0 Å². The molecular weight excluding hydrogens is 376 g/mol. The minimum Gasteiger partial charge on any atom is -0.515 e. The number of rotatable bonds is 5. The monoisotopic (exact) mass is 398 g/mol. The van der Waals surface area contributed by atoms with Crippen LogP contribution in [0, 0.1) is 6.92 Å². The molecule has 0 spiro atoms. The van der Waals surface area contributed by atoms with Crippen molar-refractivity contribution in [3.8, 4) is 5.75 Å². The Morgan fingerprint density at radius 1 is 1.24 bits per heavy atom. The summed E-state index contributed by atoms with van der Waals surface area (Å²) in [5, 5.41) is 22.3. The van der Waals surface area contributed by atoms with Crippen LogP contribution in [0.1, 0.15) is 22.3 Å². The van der Waals surface area contributed by atoms with E-state index in [-0.39, 0.29) is 38.4 Å². The molecule has 9 nitrogen and oxygen atoms in total. The number of phenols is 1. The molecule has 4 N–H and O–H groups in total. The number of benzene rings is 2. The topological polar surface area (TPSA) is 136 Å². The molecule has 0 saturated heterocycles. The van der Waals surface area contributed by atoms with Gasteiger partial charge in [-0.15, -0.1) is 0 Å². The van der Waals surface area contributed by atoms with E-state index in [1.54, 1.807) is 0 Å². The van der Waals surface area contributed by atoms with Crippen molar-refractivity contribution in [2.75, 3.05) is 27.2 Å². The Morgan fingerprint density at radius 3 is 2.62 bits per heavy atom. The maximum Gasteiger partial charge on any atom is 0.253 e. The van der Waals surface area contributed by atoms with Gasteiger partial charge in [-0.3, -0.25) is 14.4 Å². The normalized spacial score (nSPS) is 12.2. The highest BCUT2D eigenvalue weighted by molar-refractivity contribution is 6.06. The SMILES string of the molecule is Cc1c(O)c(=CO)c2nc3c(=O)ccc(C(=O)NCCCN(C)C)c3[nH]c2c1=O. The molecule has 0 saturated carbocycles. The number of fused-ring (bicyclic) bond motifs is 2. The number of carbonyl (C=O) groups excluding carboxylic acids is 1. The Labute approximate surface area is 165 Å². The molecule has 0 radical (unpaired) electrons. The van der Waals surface area contributed by atoms with Crippen LogP contribution in [0.15, 0.2) is 21.7 Å². The van der Waals surface area contributed by atoms with E-state index < -0.39 is 22.5 Å². The number of aliphatic hydroxyl groups is 1. The lowest BCUT2D eigenvalue weighted by Crippen LogP contribution is -2.28. The molecular formula is C20H22N4O5. The molecule has 29 heavy (non-hydrogen) atoms. The van der Waals surface area contributed by atoms with Gasteiger partial charge in [0, 0.05) is 12.1 Å². The lowest BCUT2D eigenvalue weighted by atomic mass is 10.1. The third kappa shape index (κ3) is 3.64. The zero-order chi connectivity index (χ0) is 21.3. The van der Waals surface area contributed by atoms with Crippen LogP contribution in [-0.2, 0) is 0 Å². The van der Waals surface area contributed by atoms with Crippen LogP contribution >= 0.6 is 0 Å². The van der Waals surface area contributed by atoms with E-state index in [9.17, 15) is 24.6 Å². The van der Waals surface area contributed by atoms with Crippen molar-refractivity contribution in [2.45, 2.75) is 13.3 Å². The summed E-state index contributed by atoms with van der Waals surface area (Å²) in [7, 11) is 3.87. The maximum absolute atomic E-state index is 12.6. The van der Waals surface area contributed by atoms with Crippen molar-refractivity contribution < 1.29 is 15.0 Å². The predicted octanol–water partition coefficient (Wildman–Crippen LogP) is 0.147. The summed E-state index contributed by atoms with van der Waals surface area (Å²) in [6.45, 7) is 2.66. The average molecular weight is 398 g/mol. The summed E-state index contributed by atoms with van der Waals surface area (Å²) in [5.41, 5.74) is -0.800. The Morgan fingerprint density at radius 2 is 1.97 bits per heavy atom. The van der Waals surface area contributed by atoms with Gasteiger partial charge in [-0.25, -0.2) is 4.98 Å². The van der Waals surface area contributed by atoms with E-state index in [2.05, 4.69) is 15.3 Å². The molecule has 1 heterocycles. The first kappa shape index (κ1) is 20.3. The summed E-state index contributed by atoms with van der Waals surface area (Å²) < 4.78 is 0. The van der Waals surface area contributed by atoms with E-state index >= 15 is 0 Å². The fourth-order valence-corrected chi connectivity index (χ4v) is 3.13. The smallest absolute Gasteiger partial charge is 0.253 e. The van der Waals surface area contributed by atoms with Crippen LogP contribution in [0.3, 0.4) is 0 Å². The van der Waals surface area contributed by atoms with Crippen LogP contribution < -0.4 is 21.4 Å². The van der Waals surface area contributed by atoms with Crippen LogP contribution in [0.2, 0.25) is 0 Å². The zero-order valence-electron chi connectivity index (χ0n) is 16.4. The molecule has 2 aromatic carbocycles. The number of nitrogens with zero attached hydrogens (tertiary/aromatic N) is 2. The van der Waals surface area contributed by atoms with Crippen LogP contribution in [0.4, 0.5) is 0 Å². The number of aromatic hydroxyl groups is 1. The van der Waals surface area contributed by atoms with E-state index in [1.807, 2.05) is 19.0 Å². The number of H-pyrrole nitrogens is 1. The Kier molecular flexibility index (Phi) is 5.51. The fourth-order valence-electron chi connectivity index (χ4n) is 3.13. The van der Waals surface area contributed by atoms with Crippen molar-refractivity contribution in [1.29, 1.82) is 0 Å². The van der Waals surface area contributed by atoms with Crippen molar-refractivity contribution in [3.05, 3.63) is 48.9 Å². The summed E-state index contributed by atoms with van der Waals surface area (Å²) in [6.07, 6.45) is 1.38. The molecule has 0 aliphatic heterocycles. The third-order valence-electron chi connectivity index (χ3n) is 4.73. The Hall–Kier alpha value is -3.46. The molecule has 0 atom stereocenters. The Bertz CT molecular complexity index is 1280. The van der Waals surface area contributed by atoms with E-state index in [0.29, 0.717) is 12.8 Å². The highest BCUT2D eigenvalue weighted by Gasteiger charge is 2.18. The molecule has 0 aliphatic carbocycles. The first-order valence-corrected chi connectivity index (χ1v) is 9.05. The van der Waals surface area contributed by atoms with Crippen molar-refractivity contribution >= 4 is 34.2 Å². The summed E-state index contributed by atoms with van der Waals surface area (Å²) in [6, 6.07) is 2.60. The number of carbonyl (C=O) groups is 1. The number of aliphatic hydroxyl groups excluding tert-OH is 1. The molecule has 0 fully saturated rings. The van der Waals surface area contributed by atoms with Gasteiger partial charge in [0.05, 0.1) is 22.6 Å². The standard InChI is InChI=1S/C20H22N4O5/c1-10-18(27)12(9-25)15-17(19(10)28)23-14-11(5-6-13(26)16(14)22-15)20(29)21-7-4-8-24(2)3/h5-6,9,23,25,27H,4,7-8H2,1-3H3,(H,21,29). The second-order valence-electron chi connectivity index (χ2n) is 7.05. The van der Waals surface area contributed by atoms with Crippen LogP contribution in [-0.4, -0.2) is 58.2 Å². The molecule has 1 aromatic heterocycles. The number of nitrogens with one attached hydrogen (secondary N) is 2. The Balaban J connectivity index is 2.20. The number of hydrogen-bond acceptors (Lipinski definition) is 7. The molecule has 3 rings (SSSR count). The summed E-state index contributed by atoms with van der Waals surface area (Å²) in [4.78, 5) is 46.6. The minimum atomic E-state index is -0.536. The van der Waals surface area contributed by atoms with Crippen molar-refractivity contribution in [2.24, 2.45) is 0 Å². The maximum atomic E-state index is 12.6. The fraction of sp³-hybridized carbons (Fsp3) is 0.300. The number of aromatic nitrogens is 2. The van der Waals surface area contributed by atoms with Gasteiger partial charge in [0.25, 0.3) is 5.91 Å². The van der Waals surface area contributed by atoms with E-state index in [0.717, 1.165) is 13.0 Å². The lowest BCUT2D eigenvalue weighted by Gasteiger charge is -2.11. The molecule has 9 heteroatoms. The van der Waals surface area contributed by atoms with Crippen LogP contribution in [0.25, 0.3) is 28.3 Å². The number of aromatic amines is 1. The van der Waals surface area contributed by atoms with Crippen LogP contribution in [0.5, 0.6) is 5.75 Å². The molecule has 0 bridgehead atoms. The summed E-state index contributed by atoms with van der Waals surface area (Å²) in [5.74, 6) is -0.810. The zero-order valence-corrected chi connectivity index (χ0v) is 16.4. The molecule has 3 aromatic rings. The van der Waals surface area contributed by atoms with Gasteiger partial charge in [0.1, 0.15) is 22.3 Å². The first-order valence-electron chi connectivity index (χ1n) is 9.05. The van der Waals surface area contributed by atoms with Crippen molar-refractivity contribution in [1.82, 2.24) is 20.2 Å². The van der Waals surface area contributed by atoms with Gasteiger partial charge < -0.3 is 25.4 Å².